The summed E-state index contributed by atoms with van der Waals surface area (Å²) >= 11 is 3.33. The lowest BCUT2D eigenvalue weighted by molar-refractivity contribution is 0.474. The van der Waals surface area contributed by atoms with Crippen molar-refractivity contribution in [3.63, 3.8) is 0 Å². The van der Waals surface area contributed by atoms with Crippen LogP contribution in [0.25, 0.3) is 11.2 Å². The molecule has 140 valence electrons. The van der Waals surface area contributed by atoms with Gasteiger partial charge in [0.15, 0.2) is 11.2 Å². The third-order valence-electron chi connectivity index (χ3n) is 3.79. The van der Waals surface area contributed by atoms with E-state index in [0.29, 0.717) is 12.1 Å². The minimum atomic E-state index is -0.554. The van der Waals surface area contributed by atoms with Crippen molar-refractivity contribution in [1.29, 1.82) is 0 Å². The lowest BCUT2D eigenvalue weighted by Crippen LogP contribution is -2.29. The van der Waals surface area contributed by atoms with Gasteiger partial charge in [0.1, 0.15) is 5.75 Å². The number of hydrazone groups is 1. The molecular formula is C17H17BrN6O3. The van der Waals surface area contributed by atoms with Crippen molar-refractivity contribution in [3.05, 3.63) is 61.2 Å². The Labute approximate surface area is 161 Å². The van der Waals surface area contributed by atoms with E-state index < -0.39 is 11.2 Å². The smallest absolute Gasteiger partial charge is 0.329 e. The topological polar surface area (TPSA) is 117 Å². The van der Waals surface area contributed by atoms with Gasteiger partial charge < -0.3 is 5.11 Å². The fourth-order valence-electron chi connectivity index (χ4n) is 2.53. The highest BCUT2D eigenvalue weighted by molar-refractivity contribution is 9.10. The van der Waals surface area contributed by atoms with Crippen molar-refractivity contribution >= 4 is 39.3 Å². The summed E-state index contributed by atoms with van der Waals surface area (Å²) in [5, 5.41) is 14.0. The molecule has 1 aromatic carbocycles. The molecule has 0 saturated heterocycles. The fourth-order valence-corrected chi connectivity index (χ4v) is 2.91. The molecule has 0 saturated carbocycles. The number of nitrogens with one attached hydrogen (secondary N) is 2. The average molecular weight is 433 g/mol. The molecule has 0 amide bonds. The summed E-state index contributed by atoms with van der Waals surface area (Å²) in [6.07, 6.45) is 1.42. The number of allylic oxidation sites excluding steroid dienone is 1. The molecule has 0 bridgehead atoms. The first-order valence-electron chi connectivity index (χ1n) is 7.89. The van der Waals surface area contributed by atoms with Gasteiger partial charge in [-0.2, -0.15) is 10.1 Å². The van der Waals surface area contributed by atoms with Crippen molar-refractivity contribution in [2.75, 3.05) is 5.43 Å². The third-order valence-corrected chi connectivity index (χ3v) is 4.29. The molecule has 9 nitrogen and oxygen atoms in total. The second-order valence-corrected chi connectivity index (χ2v) is 6.96. The molecule has 0 spiro atoms. The van der Waals surface area contributed by atoms with Gasteiger partial charge in [-0.1, -0.05) is 28.1 Å². The minimum Gasteiger partial charge on any atom is -0.507 e. The number of phenols is 1. The van der Waals surface area contributed by atoms with Crippen LogP contribution >= 0.6 is 15.9 Å². The number of aromatic amines is 1. The number of aromatic nitrogens is 4. The third kappa shape index (κ3) is 3.70. The molecule has 0 aliphatic heterocycles. The molecule has 0 aliphatic rings. The molecule has 0 aliphatic carbocycles. The van der Waals surface area contributed by atoms with Gasteiger partial charge in [0.05, 0.1) is 6.21 Å². The van der Waals surface area contributed by atoms with E-state index in [1.54, 1.807) is 16.7 Å². The SMILES string of the molecule is C=C(C)Cn1c(N/N=C\c2cc(Br)ccc2O)nc2c1c(=O)[nH]c(=O)n2C. The van der Waals surface area contributed by atoms with Gasteiger partial charge in [0.2, 0.25) is 5.95 Å². The Bertz CT molecular complexity index is 1190. The maximum Gasteiger partial charge on any atom is 0.329 e. The van der Waals surface area contributed by atoms with E-state index in [4.69, 9.17) is 0 Å². The number of H-pyrrole nitrogens is 1. The van der Waals surface area contributed by atoms with Crippen LogP contribution in [0.15, 0.2) is 49.5 Å². The average Bonchev–Trinajstić information content (AvgIpc) is 2.94. The van der Waals surface area contributed by atoms with Crippen molar-refractivity contribution in [3.8, 4) is 5.75 Å². The Morgan fingerprint density at radius 1 is 1.48 bits per heavy atom. The van der Waals surface area contributed by atoms with Crippen LogP contribution in [0.2, 0.25) is 0 Å². The van der Waals surface area contributed by atoms with Gasteiger partial charge in [0.25, 0.3) is 5.56 Å². The van der Waals surface area contributed by atoms with Gasteiger partial charge in [0, 0.05) is 23.6 Å². The normalized spacial score (nSPS) is 11.4. The summed E-state index contributed by atoms with van der Waals surface area (Å²) in [4.78, 5) is 30.7. The highest BCUT2D eigenvalue weighted by Gasteiger charge is 2.17. The van der Waals surface area contributed by atoms with Crippen LogP contribution in [0.5, 0.6) is 5.75 Å². The molecule has 0 unspecified atom stereocenters. The van der Waals surface area contributed by atoms with Gasteiger partial charge in [-0.05, 0) is 25.1 Å². The molecule has 3 aromatic rings. The number of phenolic OH excluding ortho intramolecular Hbond substituents is 1. The van der Waals surface area contributed by atoms with Crippen molar-refractivity contribution in [1.82, 2.24) is 19.1 Å². The number of imidazole rings is 1. The minimum absolute atomic E-state index is 0.0676. The maximum absolute atomic E-state index is 12.3. The van der Waals surface area contributed by atoms with Crippen LogP contribution in [-0.2, 0) is 13.6 Å². The maximum atomic E-state index is 12.3. The van der Waals surface area contributed by atoms with E-state index in [9.17, 15) is 14.7 Å². The van der Waals surface area contributed by atoms with E-state index in [1.165, 1.54) is 23.9 Å². The van der Waals surface area contributed by atoms with E-state index in [1.807, 2.05) is 6.92 Å². The number of fused-ring (bicyclic) bond motifs is 1. The summed E-state index contributed by atoms with van der Waals surface area (Å²) in [7, 11) is 1.52. The summed E-state index contributed by atoms with van der Waals surface area (Å²) in [5.41, 5.74) is 3.42. The zero-order valence-corrected chi connectivity index (χ0v) is 16.2. The van der Waals surface area contributed by atoms with Gasteiger partial charge in [-0.25, -0.2) is 10.2 Å². The van der Waals surface area contributed by atoms with Crippen LogP contribution in [0.1, 0.15) is 12.5 Å². The Balaban J connectivity index is 2.06. The Morgan fingerprint density at radius 3 is 2.93 bits per heavy atom. The number of rotatable bonds is 5. The van der Waals surface area contributed by atoms with Crippen LogP contribution in [-0.4, -0.2) is 30.4 Å². The molecule has 0 atom stereocenters. The zero-order valence-electron chi connectivity index (χ0n) is 14.7. The number of hydrogen-bond donors (Lipinski definition) is 3. The number of hydrogen-bond acceptors (Lipinski definition) is 6. The number of halogens is 1. The van der Waals surface area contributed by atoms with Crippen LogP contribution in [0.3, 0.4) is 0 Å². The Morgan fingerprint density at radius 2 is 2.22 bits per heavy atom. The first kappa shape index (κ1) is 18.6. The first-order chi connectivity index (χ1) is 12.8. The molecule has 3 N–H and O–H groups in total. The number of nitrogens with zero attached hydrogens (tertiary/aromatic N) is 4. The second-order valence-electron chi connectivity index (χ2n) is 6.04. The summed E-state index contributed by atoms with van der Waals surface area (Å²) < 4.78 is 3.63. The van der Waals surface area contributed by atoms with Gasteiger partial charge in [-0.15, -0.1) is 0 Å². The molecule has 10 heteroatoms. The number of aryl methyl sites for hydroxylation is 1. The lowest BCUT2D eigenvalue weighted by Gasteiger charge is -2.07. The monoisotopic (exact) mass is 432 g/mol. The fraction of sp³-hybridized carbons (Fsp3) is 0.176. The molecule has 0 radical (unpaired) electrons. The van der Waals surface area contributed by atoms with Crippen LogP contribution in [0.4, 0.5) is 5.95 Å². The van der Waals surface area contributed by atoms with E-state index in [-0.39, 0.29) is 22.9 Å². The van der Waals surface area contributed by atoms with Gasteiger partial charge >= 0.3 is 5.69 Å². The number of aromatic hydroxyl groups is 1. The molecule has 3 rings (SSSR count). The van der Waals surface area contributed by atoms with Crippen molar-refractivity contribution in [2.45, 2.75) is 13.5 Å². The number of anilines is 1. The number of benzene rings is 1. The summed E-state index contributed by atoms with van der Waals surface area (Å²) in [5.74, 6) is 0.337. The van der Waals surface area contributed by atoms with Crippen molar-refractivity contribution < 1.29 is 5.11 Å². The zero-order chi connectivity index (χ0) is 19.7. The predicted molar refractivity (Wildman–Crippen MR) is 107 cm³/mol. The second kappa shape index (κ2) is 7.23. The van der Waals surface area contributed by atoms with E-state index in [0.717, 1.165) is 10.0 Å². The first-order valence-corrected chi connectivity index (χ1v) is 8.68. The van der Waals surface area contributed by atoms with Crippen molar-refractivity contribution in [2.24, 2.45) is 12.1 Å². The highest BCUT2D eigenvalue weighted by Crippen LogP contribution is 2.21. The van der Waals surface area contributed by atoms with Crippen LogP contribution in [0, 0.1) is 0 Å². The molecule has 2 heterocycles. The van der Waals surface area contributed by atoms with Crippen LogP contribution < -0.4 is 16.7 Å². The molecule has 0 fully saturated rings. The summed E-state index contributed by atoms with van der Waals surface area (Å²) in [6.45, 7) is 5.99. The lowest BCUT2D eigenvalue weighted by atomic mass is 10.2. The standard InChI is InChI=1S/C17H17BrN6O3/c1-9(2)8-24-13-14(23(3)17(27)21-15(13)26)20-16(24)22-19-7-10-6-11(18)4-5-12(10)25/h4-7,25H,1,8H2,2-3H3,(H,20,22)(H,21,26,27)/b19-7-. The highest BCUT2D eigenvalue weighted by atomic mass is 79.9. The Hall–Kier alpha value is -3.14. The largest absolute Gasteiger partial charge is 0.507 e. The summed E-state index contributed by atoms with van der Waals surface area (Å²) in [6, 6.07) is 4.95. The molecular weight excluding hydrogens is 416 g/mol. The van der Waals surface area contributed by atoms with Gasteiger partial charge in [-0.3, -0.25) is 18.9 Å². The predicted octanol–water partition coefficient (Wildman–Crippen LogP) is 1.91. The molecule has 2 aromatic heterocycles. The molecule has 27 heavy (non-hydrogen) atoms. The van der Waals surface area contributed by atoms with E-state index >= 15 is 0 Å². The Kier molecular flexibility index (Phi) is 5.00. The quantitative estimate of drug-likeness (QED) is 0.323. The van der Waals surface area contributed by atoms with E-state index in [2.05, 4.69) is 43.0 Å².